The van der Waals surface area contributed by atoms with Gasteiger partial charge in [-0.1, -0.05) is 398 Å². The number of aliphatic hydroxyl groups excluding tert-OH is 2. The fraction of sp³-hybridized carbons (Fsp3) is 0.924. The van der Waals surface area contributed by atoms with E-state index in [4.69, 9.17) is 4.74 Å². The first kappa shape index (κ1) is 83.3. The third kappa shape index (κ3) is 71.3. The first-order valence-corrected chi connectivity index (χ1v) is 39.1. The lowest BCUT2D eigenvalue weighted by molar-refractivity contribution is -0.143. The molecule has 0 aromatic heterocycles. The zero-order valence-corrected chi connectivity index (χ0v) is 57.9. The van der Waals surface area contributed by atoms with E-state index in [1.165, 1.54) is 379 Å². The van der Waals surface area contributed by atoms with Gasteiger partial charge in [0.1, 0.15) is 0 Å². The van der Waals surface area contributed by atoms with Gasteiger partial charge in [-0.25, -0.2) is 0 Å². The molecule has 504 valence electrons. The van der Waals surface area contributed by atoms with Gasteiger partial charge >= 0.3 is 5.97 Å². The summed E-state index contributed by atoms with van der Waals surface area (Å²) in [6, 6.07) is -0.627. The molecule has 0 fully saturated rings. The molecule has 0 aliphatic carbocycles. The van der Waals surface area contributed by atoms with Crippen molar-refractivity contribution in [1.82, 2.24) is 5.32 Å². The van der Waals surface area contributed by atoms with E-state index in [0.29, 0.717) is 19.4 Å². The summed E-state index contributed by atoms with van der Waals surface area (Å²) in [5.74, 6) is -0.0390. The van der Waals surface area contributed by atoms with Gasteiger partial charge in [0.05, 0.1) is 25.4 Å². The Bertz CT molecular complexity index is 1330. The highest BCUT2D eigenvalue weighted by Crippen LogP contribution is 2.20. The van der Waals surface area contributed by atoms with Crippen LogP contribution in [-0.2, 0) is 14.3 Å². The van der Waals surface area contributed by atoms with Gasteiger partial charge in [-0.3, -0.25) is 9.59 Å². The lowest BCUT2D eigenvalue weighted by atomic mass is 10.0. The number of nitrogens with one attached hydrogen (secondary N) is 1. The van der Waals surface area contributed by atoms with Crippen LogP contribution in [0.1, 0.15) is 444 Å². The highest BCUT2D eigenvalue weighted by molar-refractivity contribution is 5.76. The fourth-order valence-electron chi connectivity index (χ4n) is 12.5. The first-order valence-electron chi connectivity index (χ1n) is 39.1. The maximum atomic E-state index is 12.5. The number of hydrogen-bond acceptors (Lipinski definition) is 5. The van der Waals surface area contributed by atoms with Crippen LogP contribution < -0.4 is 5.32 Å². The third-order valence-corrected chi connectivity index (χ3v) is 18.5. The number of amides is 1. The minimum atomic E-state index is -0.844. The van der Waals surface area contributed by atoms with Crippen molar-refractivity contribution in [2.24, 2.45) is 0 Å². The highest BCUT2D eigenvalue weighted by atomic mass is 16.5. The topological polar surface area (TPSA) is 95.9 Å². The minimum Gasteiger partial charge on any atom is -0.466 e. The predicted octanol–water partition coefficient (Wildman–Crippen LogP) is 25.7. The Kier molecular flexibility index (Phi) is 73.3. The van der Waals surface area contributed by atoms with Crippen molar-refractivity contribution in [2.45, 2.75) is 456 Å². The number of rotatable bonds is 74. The van der Waals surface area contributed by atoms with Gasteiger partial charge in [0.15, 0.2) is 0 Å². The van der Waals surface area contributed by atoms with Gasteiger partial charge in [0.25, 0.3) is 0 Å². The monoisotopic (exact) mass is 1200 g/mol. The summed E-state index contributed by atoms with van der Waals surface area (Å²) in [5, 5.41) is 23.3. The van der Waals surface area contributed by atoms with Crippen LogP contribution in [0, 0.1) is 0 Å². The van der Waals surface area contributed by atoms with E-state index in [9.17, 15) is 19.8 Å². The van der Waals surface area contributed by atoms with E-state index >= 15 is 0 Å². The molecule has 3 N–H and O–H groups in total. The van der Waals surface area contributed by atoms with Crippen molar-refractivity contribution in [2.75, 3.05) is 13.2 Å². The number of carbonyl (C=O) groups excluding carboxylic acids is 2. The zero-order valence-electron chi connectivity index (χ0n) is 57.9. The van der Waals surface area contributed by atoms with Gasteiger partial charge in [-0.2, -0.15) is 0 Å². The second kappa shape index (κ2) is 74.8. The molecule has 0 aromatic rings. The highest BCUT2D eigenvalue weighted by Gasteiger charge is 2.18. The second-order valence-corrected chi connectivity index (χ2v) is 27.0. The summed E-state index contributed by atoms with van der Waals surface area (Å²) in [5.41, 5.74) is 0. The quantitative estimate of drug-likeness (QED) is 0.0320. The molecule has 0 radical (unpaired) electrons. The summed E-state index contributed by atoms with van der Waals surface area (Å²) >= 11 is 0. The van der Waals surface area contributed by atoms with Crippen LogP contribution in [0.2, 0.25) is 0 Å². The standard InChI is InChI=1S/C79H153NO5/c1-3-5-7-9-11-13-15-17-19-21-22-36-40-43-47-51-55-59-63-67-71-77(82)76(75-81)80-78(83)72-68-64-60-56-52-48-44-41-37-34-32-30-28-26-24-23-25-27-29-31-33-35-38-42-46-50-54-58-62-66-70-74-85-79(84)73-69-65-61-57-53-49-45-39-20-18-16-14-12-10-8-6-4-2/h25,27,67,71,76-77,81-82H,3-24,26,28-66,68-70,72-75H2,1-2H3,(H,80,83)/b27-25-,71-67+. The van der Waals surface area contributed by atoms with Crippen LogP contribution in [0.4, 0.5) is 0 Å². The zero-order chi connectivity index (χ0) is 61.3. The molecule has 0 aromatic carbocycles. The van der Waals surface area contributed by atoms with E-state index in [0.717, 1.165) is 38.5 Å². The number of allylic oxidation sites excluding steroid dienone is 3. The van der Waals surface area contributed by atoms with Crippen LogP contribution in [0.15, 0.2) is 24.3 Å². The maximum Gasteiger partial charge on any atom is 0.305 e. The average molecular weight is 1200 g/mol. The molecule has 6 nitrogen and oxygen atoms in total. The predicted molar refractivity (Wildman–Crippen MR) is 375 cm³/mol. The number of carbonyl (C=O) groups is 2. The molecule has 0 saturated heterocycles. The van der Waals surface area contributed by atoms with Crippen LogP contribution >= 0.6 is 0 Å². The number of ether oxygens (including phenoxy) is 1. The SMILES string of the molecule is CCCCCCCCCCCCCCCCCCCC/C=C/C(O)C(CO)NC(=O)CCCCCCCCCCCCCCCCC/C=C\CCCCCCCCCCCCCCOC(=O)CCCCCCCCCCCCCCCCCCC. The van der Waals surface area contributed by atoms with Crippen LogP contribution in [0.25, 0.3) is 0 Å². The Morgan fingerprint density at radius 3 is 0.835 bits per heavy atom. The Hall–Kier alpha value is -1.66. The summed E-state index contributed by atoms with van der Waals surface area (Å²) in [6.07, 6.45) is 95.8. The van der Waals surface area contributed by atoms with Crippen LogP contribution in [0.5, 0.6) is 0 Å². The molecule has 0 rings (SSSR count). The lowest BCUT2D eigenvalue weighted by Crippen LogP contribution is -2.45. The van der Waals surface area contributed by atoms with Crippen molar-refractivity contribution in [3.05, 3.63) is 24.3 Å². The molecule has 2 unspecified atom stereocenters. The number of hydrogen-bond donors (Lipinski definition) is 3. The molecule has 0 saturated carbocycles. The Morgan fingerprint density at radius 1 is 0.318 bits per heavy atom. The summed E-state index contributed by atoms with van der Waals surface area (Å²) in [4.78, 5) is 24.6. The van der Waals surface area contributed by atoms with Crippen molar-refractivity contribution < 1.29 is 24.5 Å². The second-order valence-electron chi connectivity index (χ2n) is 27.0. The molecule has 1 amide bonds. The van der Waals surface area contributed by atoms with Gasteiger partial charge in [-0.15, -0.1) is 0 Å². The normalized spacial score (nSPS) is 12.6. The largest absolute Gasteiger partial charge is 0.466 e. The molecule has 0 spiro atoms. The van der Waals surface area contributed by atoms with Crippen molar-refractivity contribution >= 4 is 11.9 Å². The van der Waals surface area contributed by atoms with Crippen molar-refractivity contribution in [1.29, 1.82) is 0 Å². The number of aliphatic hydroxyl groups is 2. The minimum absolute atomic E-state index is 0.0224. The van der Waals surface area contributed by atoms with E-state index < -0.39 is 12.1 Å². The first-order chi connectivity index (χ1) is 42.0. The van der Waals surface area contributed by atoms with E-state index in [1.807, 2.05) is 6.08 Å². The van der Waals surface area contributed by atoms with Crippen molar-refractivity contribution in [3.8, 4) is 0 Å². The third-order valence-electron chi connectivity index (χ3n) is 18.5. The maximum absolute atomic E-state index is 12.5. The summed E-state index contributed by atoms with van der Waals surface area (Å²) < 4.78 is 5.51. The molecular formula is C79H153NO5. The molecule has 0 heterocycles. The number of unbranched alkanes of at least 4 members (excludes halogenated alkanes) is 61. The Labute approximate surface area is 532 Å². The van der Waals surface area contributed by atoms with E-state index in [1.54, 1.807) is 6.08 Å². The Morgan fingerprint density at radius 2 is 0.553 bits per heavy atom. The molecule has 0 aliphatic heterocycles. The van der Waals surface area contributed by atoms with E-state index in [-0.39, 0.29) is 18.5 Å². The number of esters is 1. The average Bonchev–Trinajstić information content (AvgIpc) is 3.51. The summed E-state index contributed by atoms with van der Waals surface area (Å²) in [6.45, 7) is 4.96. The van der Waals surface area contributed by atoms with Gasteiger partial charge in [0.2, 0.25) is 5.91 Å². The molecule has 85 heavy (non-hydrogen) atoms. The lowest BCUT2D eigenvalue weighted by Gasteiger charge is -2.20. The molecule has 2 atom stereocenters. The van der Waals surface area contributed by atoms with Crippen LogP contribution in [-0.4, -0.2) is 47.4 Å². The molecule has 0 aliphatic rings. The fourth-order valence-corrected chi connectivity index (χ4v) is 12.5. The summed E-state index contributed by atoms with van der Waals surface area (Å²) in [7, 11) is 0. The van der Waals surface area contributed by atoms with E-state index in [2.05, 4.69) is 31.3 Å². The molecular weight excluding hydrogens is 1040 g/mol. The van der Waals surface area contributed by atoms with Gasteiger partial charge < -0.3 is 20.3 Å². The Balaban J connectivity index is 3.37. The van der Waals surface area contributed by atoms with Gasteiger partial charge in [-0.05, 0) is 57.8 Å². The van der Waals surface area contributed by atoms with Gasteiger partial charge in [0, 0.05) is 12.8 Å². The molecule has 0 bridgehead atoms. The van der Waals surface area contributed by atoms with Crippen LogP contribution in [0.3, 0.4) is 0 Å². The molecule has 6 heteroatoms. The smallest absolute Gasteiger partial charge is 0.305 e. The van der Waals surface area contributed by atoms with Crippen molar-refractivity contribution in [3.63, 3.8) is 0 Å².